The number of hydrogen-bond donors (Lipinski definition) is 1. The molecule has 0 amide bonds. The molecule has 0 aliphatic carbocycles. The first-order valence-electron chi connectivity index (χ1n) is 12.7. The van der Waals surface area contributed by atoms with Crippen LogP contribution in [0.5, 0.6) is 0 Å². The van der Waals surface area contributed by atoms with E-state index in [1.54, 1.807) is 0 Å². The third-order valence-electron chi connectivity index (χ3n) is 7.39. The molecule has 0 atom stereocenters. The maximum absolute atomic E-state index is 3.18. The van der Waals surface area contributed by atoms with E-state index >= 15 is 0 Å². The van der Waals surface area contributed by atoms with Crippen LogP contribution < -0.4 is 5.32 Å². The summed E-state index contributed by atoms with van der Waals surface area (Å²) in [6.07, 6.45) is 0. The van der Waals surface area contributed by atoms with Gasteiger partial charge in [-0.2, -0.15) is 0 Å². The van der Waals surface area contributed by atoms with Crippen molar-refractivity contribution in [2.24, 2.45) is 0 Å². The molecule has 0 saturated heterocycles. The predicted octanol–water partition coefficient (Wildman–Crippen LogP) is 9.31. The number of benzene rings is 6. The molecule has 0 fully saturated rings. The van der Waals surface area contributed by atoms with Crippen LogP contribution >= 0.6 is 0 Å². The van der Waals surface area contributed by atoms with E-state index in [4.69, 9.17) is 0 Å². The van der Waals surface area contributed by atoms with E-state index < -0.39 is 0 Å². The Balaban J connectivity index is 1.33. The quantitative estimate of drug-likeness (QED) is 0.269. The number of fused-ring (bicyclic) bond motifs is 4. The highest BCUT2D eigenvalue weighted by Crippen LogP contribution is 2.36. The molecule has 37 heavy (non-hydrogen) atoms. The lowest BCUT2D eigenvalue weighted by Gasteiger charge is -2.10. The second kappa shape index (κ2) is 8.69. The minimum atomic E-state index is 1.12. The highest BCUT2D eigenvalue weighted by molar-refractivity contribution is 6.10. The van der Waals surface area contributed by atoms with Gasteiger partial charge in [-0.3, -0.25) is 0 Å². The highest BCUT2D eigenvalue weighted by Gasteiger charge is 2.13. The zero-order valence-corrected chi connectivity index (χ0v) is 20.6. The lowest BCUT2D eigenvalue weighted by molar-refractivity contribution is 1.19. The van der Waals surface area contributed by atoms with E-state index in [2.05, 4.69) is 143 Å². The van der Waals surface area contributed by atoms with Crippen molar-refractivity contribution in [1.82, 2.24) is 4.57 Å². The zero-order chi connectivity index (χ0) is 24.8. The van der Waals surface area contributed by atoms with Crippen molar-refractivity contribution < 1.29 is 0 Å². The average molecular weight is 475 g/mol. The van der Waals surface area contributed by atoms with Gasteiger partial charge >= 0.3 is 0 Å². The van der Waals surface area contributed by atoms with Gasteiger partial charge in [0.15, 0.2) is 0 Å². The summed E-state index contributed by atoms with van der Waals surface area (Å²) in [6, 6.07) is 48.3. The summed E-state index contributed by atoms with van der Waals surface area (Å²) in [7, 11) is 1.94. The lowest BCUT2D eigenvalue weighted by Crippen LogP contribution is -1.93. The van der Waals surface area contributed by atoms with Crippen molar-refractivity contribution in [3.05, 3.63) is 133 Å². The Morgan fingerprint density at radius 3 is 1.81 bits per heavy atom. The molecule has 6 aromatic carbocycles. The molecule has 2 heteroatoms. The van der Waals surface area contributed by atoms with Crippen molar-refractivity contribution in [1.29, 1.82) is 0 Å². The number of para-hydroxylation sites is 1. The molecular formula is C35H26N2. The average Bonchev–Trinajstić information content (AvgIpc) is 3.31. The summed E-state index contributed by atoms with van der Waals surface area (Å²) in [5.74, 6) is 0. The monoisotopic (exact) mass is 474 g/mol. The SMILES string of the molecule is CNc1ccc(-c2ccc(-c3ccc4c(c3)c3ccccc3n4-c3ccc4ccccc4c3)cc2)cc1. The van der Waals surface area contributed by atoms with Gasteiger partial charge in [0, 0.05) is 29.2 Å². The van der Waals surface area contributed by atoms with Crippen molar-refractivity contribution >= 4 is 38.3 Å². The molecule has 7 aromatic rings. The maximum atomic E-state index is 3.18. The van der Waals surface area contributed by atoms with Crippen LogP contribution in [-0.4, -0.2) is 11.6 Å². The van der Waals surface area contributed by atoms with Crippen molar-refractivity contribution in [3.8, 4) is 27.9 Å². The molecule has 7 rings (SSSR count). The van der Waals surface area contributed by atoms with Crippen LogP contribution in [0.2, 0.25) is 0 Å². The molecule has 2 nitrogen and oxygen atoms in total. The lowest BCUT2D eigenvalue weighted by atomic mass is 9.99. The molecule has 0 aliphatic rings. The van der Waals surface area contributed by atoms with Gasteiger partial charge in [0.2, 0.25) is 0 Å². The molecular weight excluding hydrogens is 448 g/mol. The summed E-state index contributed by atoms with van der Waals surface area (Å²) in [4.78, 5) is 0. The fraction of sp³-hybridized carbons (Fsp3) is 0.0286. The van der Waals surface area contributed by atoms with E-state index in [1.807, 2.05) is 7.05 Å². The van der Waals surface area contributed by atoms with Gasteiger partial charge in [-0.1, -0.05) is 91.0 Å². The van der Waals surface area contributed by atoms with Gasteiger partial charge in [-0.05, 0) is 75.5 Å². The Hall–Kier alpha value is -4.82. The van der Waals surface area contributed by atoms with Gasteiger partial charge in [-0.15, -0.1) is 0 Å². The highest BCUT2D eigenvalue weighted by atomic mass is 15.0. The fourth-order valence-electron chi connectivity index (χ4n) is 5.43. The standard InChI is InChI=1S/C35H26N2/c1-36-30-18-14-26(15-19-30)25-10-12-27(13-11-25)29-17-21-35-33(23-29)32-8-4-5-9-34(32)37(35)31-20-16-24-6-2-3-7-28(24)22-31/h2-23,36H,1H3. The molecule has 0 spiro atoms. The molecule has 0 aliphatic heterocycles. The number of aromatic nitrogens is 1. The van der Waals surface area contributed by atoms with Crippen LogP contribution in [0.25, 0.3) is 60.5 Å². The summed E-state index contributed by atoms with van der Waals surface area (Å²) < 4.78 is 2.39. The first kappa shape index (κ1) is 21.5. The smallest absolute Gasteiger partial charge is 0.0541 e. The van der Waals surface area contributed by atoms with Crippen molar-refractivity contribution in [3.63, 3.8) is 0 Å². The number of nitrogens with zero attached hydrogens (tertiary/aromatic N) is 1. The van der Waals surface area contributed by atoms with Gasteiger partial charge in [0.1, 0.15) is 0 Å². The molecule has 176 valence electrons. The number of rotatable bonds is 4. The van der Waals surface area contributed by atoms with Crippen molar-refractivity contribution in [2.45, 2.75) is 0 Å². The van der Waals surface area contributed by atoms with Crippen molar-refractivity contribution in [2.75, 3.05) is 12.4 Å². The minimum absolute atomic E-state index is 1.12. The van der Waals surface area contributed by atoms with E-state index in [9.17, 15) is 0 Å². The number of hydrogen-bond acceptors (Lipinski definition) is 1. The molecule has 1 N–H and O–H groups in total. The topological polar surface area (TPSA) is 17.0 Å². The van der Waals surface area contributed by atoms with E-state index in [1.165, 1.54) is 60.5 Å². The summed E-state index contributed by atoms with van der Waals surface area (Å²) in [5, 5.41) is 8.24. The third-order valence-corrected chi connectivity index (χ3v) is 7.39. The van der Waals surface area contributed by atoms with E-state index in [-0.39, 0.29) is 0 Å². The van der Waals surface area contributed by atoms with E-state index in [0.29, 0.717) is 0 Å². The normalized spacial score (nSPS) is 11.4. The largest absolute Gasteiger partial charge is 0.388 e. The second-order valence-corrected chi connectivity index (χ2v) is 9.52. The zero-order valence-electron chi connectivity index (χ0n) is 20.6. The Morgan fingerprint density at radius 2 is 1.05 bits per heavy atom. The second-order valence-electron chi connectivity index (χ2n) is 9.52. The Bertz CT molecular complexity index is 1890. The van der Waals surface area contributed by atoms with Crippen LogP contribution in [0.1, 0.15) is 0 Å². The van der Waals surface area contributed by atoms with Gasteiger partial charge in [0.05, 0.1) is 11.0 Å². The fourth-order valence-corrected chi connectivity index (χ4v) is 5.43. The Labute approximate surface area is 216 Å². The van der Waals surface area contributed by atoms with Crippen LogP contribution in [0.3, 0.4) is 0 Å². The van der Waals surface area contributed by atoms with E-state index in [0.717, 1.165) is 5.69 Å². The Morgan fingerprint density at radius 1 is 0.459 bits per heavy atom. The summed E-state index contributed by atoms with van der Waals surface area (Å²) in [6.45, 7) is 0. The number of anilines is 1. The van der Waals surface area contributed by atoms with Crippen LogP contribution in [0, 0.1) is 0 Å². The first-order chi connectivity index (χ1) is 18.3. The molecule has 0 radical (unpaired) electrons. The summed E-state index contributed by atoms with van der Waals surface area (Å²) in [5.41, 5.74) is 9.65. The minimum Gasteiger partial charge on any atom is -0.388 e. The van der Waals surface area contributed by atoms with Gasteiger partial charge in [0.25, 0.3) is 0 Å². The molecule has 0 saturated carbocycles. The maximum Gasteiger partial charge on any atom is 0.0541 e. The van der Waals surface area contributed by atoms with Crippen LogP contribution in [0.15, 0.2) is 133 Å². The molecule has 1 aromatic heterocycles. The third kappa shape index (κ3) is 3.66. The summed E-state index contributed by atoms with van der Waals surface area (Å²) >= 11 is 0. The first-order valence-corrected chi connectivity index (χ1v) is 12.7. The number of nitrogens with one attached hydrogen (secondary N) is 1. The predicted molar refractivity (Wildman–Crippen MR) is 159 cm³/mol. The molecule has 0 unspecified atom stereocenters. The van der Waals surface area contributed by atoms with Gasteiger partial charge < -0.3 is 9.88 Å². The van der Waals surface area contributed by atoms with Crippen LogP contribution in [0.4, 0.5) is 5.69 Å². The molecule has 1 heterocycles. The Kier molecular flexibility index (Phi) is 5.04. The molecule has 0 bridgehead atoms. The van der Waals surface area contributed by atoms with Crippen LogP contribution in [-0.2, 0) is 0 Å². The van der Waals surface area contributed by atoms with Gasteiger partial charge in [-0.25, -0.2) is 0 Å².